The van der Waals surface area contributed by atoms with Crippen LogP contribution in [0.25, 0.3) is 0 Å². The van der Waals surface area contributed by atoms with E-state index in [-0.39, 0.29) is 5.56 Å². The van der Waals surface area contributed by atoms with Gasteiger partial charge in [-0.1, -0.05) is 23.7 Å². The largest absolute Gasteiger partial charge is 0.368 e. The molecule has 0 fully saturated rings. The van der Waals surface area contributed by atoms with E-state index in [1.807, 2.05) is 0 Å². The van der Waals surface area contributed by atoms with Crippen molar-refractivity contribution in [1.82, 2.24) is 5.32 Å². The van der Waals surface area contributed by atoms with Gasteiger partial charge in [0, 0.05) is 9.50 Å². The van der Waals surface area contributed by atoms with E-state index in [9.17, 15) is 14.0 Å². The second kappa shape index (κ2) is 6.89. The van der Waals surface area contributed by atoms with Crippen LogP contribution >= 0.6 is 27.5 Å². The molecule has 0 aliphatic carbocycles. The van der Waals surface area contributed by atoms with Crippen molar-refractivity contribution in [2.24, 2.45) is 5.73 Å². The number of benzene rings is 2. The minimum Gasteiger partial charge on any atom is -0.368 e. The summed E-state index contributed by atoms with van der Waals surface area (Å²) in [5, 5.41) is 2.89. The van der Waals surface area contributed by atoms with Crippen molar-refractivity contribution < 1.29 is 14.0 Å². The summed E-state index contributed by atoms with van der Waals surface area (Å²) in [4.78, 5) is 23.9. The standard InChI is InChI=1S/C15H11BrClFN2O2/c16-12-6-3-9(17)7-11(12)15(22)20-13(14(19)21)8-1-4-10(18)5-2-8/h1-7,13H,(H2,19,21)(H,20,22). The molecular formula is C15H11BrClFN2O2. The lowest BCUT2D eigenvalue weighted by atomic mass is 10.1. The number of nitrogens with two attached hydrogens (primary N) is 1. The fraction of sp³-hybridized carbons (Fsp3) is 0.0667. The van der Waals surface area contributed by atoms with Crippen molar-refractivity contribution in [1.29, 1.82) is 0 Å². The van der Waals surface area contributed by atoms with Crippen LogP contribution in [0.5, 0.6) is 0 Å². The molecule has 0 bridgehead atoms. The maximum absolute atomic E-state index is 13.0. The van der Waals surface area contributed by atoms with Crippen molar-refractivity contribution in [3.05, 3.63) is 68.9 Å². The van der Waals surface area contributed by atoms with Gasteiger partial charge in [-0.3, -0.25) is 9.59 Å². The molecule has 4 nitrogen and oxygen atoms in total. The number of hydrogen-bond acceptors (Lipinski definition) is 2. The van der Waals surface area contributed by atoms with Crippen LogP contribution in [-0.2, 0) is 4.79 Å². The molecule has 2 aromatic carbocycles. The Morgan fingerprint density at radius 1 is 1.18 bits per heavy atom. The summed E-state index contributed by atoms with van der Waals surface area (Å²) in [6, 6.07) is 8.78. The van der Waals surface area contributed by atoms with E-state index in [1.54, 1.807) is 12.1 Å². The first kappa shape index (κ1) is 16.5. The molecule has 0 saturated carbocycles. The van der Waals surface area contributed by atoms with Crippen LogP contribution in [-0.4, -0.2) is 11.8 Å². The average molecular weight is 386 g/mol. The SMILES string of the molecule is NC(=O)C(NC(=O)c1cc(Cl)ccc1Br)c1ccc(F)cc1. The van der Waals surface area contributed by atoms with Crippen molar-refractivity contribution in [2.45, 2.75) is 6.04 Å². The molecule has 0 aliphatic rings. The molecule has 0 spiro atoms. The highest BCUT2D eigenvalue weighted by atomic mass is 79.9. The summed E-state index contributed by atoms with van der Waals surface area (Å²) in [6.07, 6.45) is 0. The molecule has 3 N–H and O–H groups in total. The van der Waals surface area contributed by atoms with E-state index in [1.165, 1.54) is 30.3 Å². The van der Waals surface area contributed by atoms with E-state index in [2.05, 4.69) is 21.2 Å². The molecule has 22 heavy (non-hydrogen) atoms. The number of hydrogen-bond donors (Lipinski definition) is 2. The number of carbonyl (C=O) groups excluding carboxylic acids is 2. The van der Waals surface area contributed by atoms with E-state index < -0.39 is 23.7 Å². The van der Waals surface area contributed by atoms with Crippen LogP contribution in [0, 0.1) is 5.82 Å². The summed E-state index contributed by atoms with van der Waals surface area (Å²) in [7, 11) is 0. The van der Waals surface area contributed by atoms with Gasteiger partial charge >= 0.3 is 0 Å². The van der Waals surface area contributed by atoms with Gasteiger partial charge in [0.25, 0.3) is 5.91 Å². The predicted octanol–water partition coefficient (Wildman–Crippen LogP) is 3.20. The van der Waals surface area contributed by atoms with Crippen LogP contribution < -0.4 is 11.1 Å². The number of carbonyl (C=O) groups is 2. The van der Waals surface area contributed by atoms with Gasteiger partial charge in [-0.15, -0.1) is 0 Å². The molecule has 7 heteroatoms. The minimum absolute atomic E-state index is 0.265. The van der Waals surface area contributed by atoms with Gasteiger partial charge in [0.05, 0.1) is 5.56 Å². The fourth-order valence-electron chi connectivity index (χ4n) is 1.85. The van der Waals surface area contributed by atoms with Gasteiger partial charge < -0.3 is 11.1 Å². The Bertz CT molecular complexity index is 722. The molecule has 1 unspecified atom stereocenters. The van der Waals surface area contributed by atoms with Crippen molar-refractivity contribution in [2.75, 3.05) is 0 Å². The highest BCUT2D eigenvalue weighted by molar-refractivity contribution is 9.10. The summed E-state index contributed by atoms with van der Waals surface area (Å²) in [6.45, 7) is 0. The van der Waals surface area contributed by atoms with Crippen LogP contribution in [0.2, 0.25) is 5.02 Å². The zero-order valence-corrected chi connectivity index (χ0v) is 13.5. The maximum atomic E-state index is 13.0. The molecule has 2 amide bonds. The highest BCUT2D eigenvalue weighted by Gasteiger charge is 2.22. The molecule has 0 saturated heterocycles. The number of primary amides is 1. The van der Waals surface area contributed by atoms with Gasteiger partial charge in [0.2, 0.25) is 5.91 Å². The summed E-state index contributed by atoms with van der Waals surface area (Å²) in [5.74, 6) is -1.73. The number of halogens is 3. The lowest BCUT2D eigenvalue weighted by Crippen LogP contribution is -2.37. The summed E-state index contributed by atoms with van der Waals surface area (Å²) in [5.41, 5.74) is 5.97. The van der Waals surface area contributed by atoms with Gasteiger partial charge in [-0.2, -0.15) is 0 Å². The third kappa shape index (κ3) is 3.84. The Balaban J connectivity index is 2.28. The molecule has 0 aliphatic heterocycles. The second-order valence-corrected chi connectivity index (χ2v) is 5.78. The van der Waals surface area contributed by atoms with Crippen molar-refractivity contribution in [3.63, 3.8) is 0 Å². The van der Waals surface area contributed by atoms with Crippen molar-refractivity contribution in [3.8, 4) is 0 Å². The second-order valence-electron chi connectivity index (χ2n) is 4.48. The quantitative estimate of drug-likeness (QED) is 0.848. The molecule has 0 radical (unpaired) electrons. The lowest BCUT2D eigenvalue weighted by molar-refractivity contribution is -0.120. The van der Waals surface area contributed by atoms with Crippen LogP contribution in [0.3, 0.4) is 0 Å². The molecule has 0 aromatic heterocycles. The molecule has 1 atom stereocenters. The number of nitrogens with one attached hydrogen (secondary N) is 1. The highest BCUT2D eigenvalue weighted by Crippen LogP contribution is 2.22. The molecule has 114 valence electrons. The zero-order chi connectivity index (χ0) is 16.3. The van der Waals surface area contributed by atoms with Crippen molar-refractivity contribution >= 4 is 39.3 Å². The number of rotatable bonds is 4. The molecule has 2 aromatic rings. The Labute approximate surface area is 139 Å². The Morgan fingerprint density at radius 2 is 1.82 bits per heavy atom. The normalized spacial score (nSPS) is 11.8. The van der Waals surface area contributed by atoms with Gasteiger partial charge in [0.15, 0.2) is 0 Å². The maximum Gasteiger partial charge on any atom is 0.253 e. The summed E-state index contributed by atoms with van der Waals surface area (Å²) >= 11 is 9.10. The monoisotopic (exact) mass is 384 g/mol. The predicted molar refractivity (Wildman–Crippen MR) is 85.0 cm³/mol. The van der Waals surface area contributed by atoms with Gasteiger partial charge in [-0.25, -0.2) is 4.39 Å². The number of amides is 2. The van der Waals surface area contributed by atoms with Crippen LogP contribution in [0.1, 0.15) is 22.0 Å². The zero-order valence-electron chi connectivity index (χ0n) is 11.1. The van der Waals surface area contributed by atoms with E-state index in [0.717, 1.165) is 0 Å². The minimum atomic E-state index is -1.07. The molecule has 2 rings (SSSR count). The third-order valence-corrected chi connectivity index (χ3v) is 3.86. The Kier molecular flexibility index (Phi) is 5.15. The van der Waals surface area contributed by atoms with Crippen LogP contribution in [0.15, 0.2) is 46.9 Å². The average Bonchev–Trinajstić information content (AvgIpc) is 2.48. The summed E-state index contributed by atoms with van der Waals surface area (Å²) < 4.78 is 13.5. The van der Waals surface area contributed by atoms with E-state index in [4.69, 9.17) is 17.3 Å². The topological polar surface area (TPSA) is 72.2 Å². The van der Waals surface area contributed by atoms with E-state index >= 15 is 0 Å². The Morgan fingerprint density at radius 3 is 2.41 bits per heavy atom. The molecular weight excluding hydrogens is 375 g/mol. The third-order valence-electron chi connectivity index (χ3n) is 2.94. The van der Waals surface area contributed by atoms with Crippen LogP contribution in [0.4, 0.5) is 4.39 Å². The fourth-order valence-corrected chi connectivity index (χ4v) is 2.45. The van der Waals surface area contributed by atoms with E-state index in [0.29, 0.717) is 15.1 Å². The molecule has 0 heterocycles. The first-order valence-electron chi connectivity index (χ1n) is 6.19. The van der Waals surface area contributed by atoms with Gasteiger partial charge in [-0.05, 0) is 51.8 Å². The lowest BCUT2D eigenvalue weighted by Gasteiger charge is -2.16. The first-order valence-corrected chi connectivity index (χ1v) is 7.36. The smallest absolute Gasteiger partial charge is 0.253 e. The first-order chi connectivity index (χ1) is 10.4. The Hall–Kier alpha value is -1.92. The van der Waals surface area contributed by atoms with Gasteiger partial charge in [0.1, 0.15) is 11.9 Å².